The first-order valence-corrected chi connectivity index (χ1v) is 10.3. The fourth-order valence-electron chi connectivity index (χ4n) is 3.00. The minimum Gasteiger partial charge on any atom is -0.465 e. The largest absolute Gasteiger partial charge is 0.465 e. The zero-order valence-electron chi connectivity index (χ0n) is 15.1. The number of H-pyrrole nitrogens is 1. The van der Waals surface area contributed by atoms with Gasteiger partial charge in [-0.15, -0.1) is 0 Å². The van der Waals surface area contributed by atoms with E-state index < -0.39 is 17.4 Å². The summed E-state index contributed by atoms with van der Waals surface area (Å²) >= 11 is 18.4. The number of rotatable bonds is 3. The van der Waals surface area contributed by atoms with Crippen LogP contribution in [0, 0.1) is 3.95 Å². The Balaban J connectivity index is 1.89. The molecule has 2 N–H and O–H groups in total. The van der Waals surface area contributed by atoms with Crippen molar-refractivity contribution in [2.24, 2.45) is 0 Å². The van der Waals surface area contributed by atoms with Gasteiger partial charge in [-0.05, 0) is 48.6 Å². The maximum Gasteiger partial charge on any atom is 0.337 e. The van der Waals surface area contributed by atoms with Gasteiger partial charge in [0.2, 0.25) is 0 Å². The van der Waals surface area contributed by atoms with E-state index in [0.29, 0.717) is 30.6 Å². The summed E-state index contributed by atoms with van der Waals surface area (Å²) in [5.41, 5.74) is 0.836. The number of thiazole rings is 1. The summed E-state index contributed by atoms with van der Waals surface area (Å²) in [4.78, 5) is 40.3. The molecule has 152 valence electrons. The lowest BCUT2D eigenvalue weighted by molar-refractivity contribution is 0.0600. The Bertz CT molecular complexity index is 1450. The molecule has 2 aromatic carbocycles. The smallest absolute Gasteiger partial charge is 0.337 e. The summed E-state index contributed by atoms with van der Waals surface area (Å²) in [6.45, 7) is 0. The molecule has 4 rings (SSSR count). The first-order valence-electron chi connectivity index (χ1n) is 8.36. The molecule has 0 aliphatic rings. The highest BCUT2D eigenvalue weighted by Gasteiger charge is 2.19. The molecule has 1 amide bonds. The Hall–Kier alpha value is -2.72. The van der Waals surface area contributed by atoms with Gasteiger partial charge in [0.05, 0.1) is 23.6 Å². The zero-order chi connectivity index (χ0) is 21.6. The van der Waals surface area contributed by atoms with Crippen LogP contribution >= 0.6 is 46.8 Å². The van der Waals surface area contributed by atoms with Crippen LogP contribution in [0.5, 0.6) is 0 Å². The summed E-state index contributed by atoms with van der Waals surface area (Å²) in [6, 6.07) is 9.13. The van der Waals surface area contributed by atoms with Gasteiger partial charge in [0.1, 0.15) is 10.5 Å². The molecule has 11 heteroatoms. The molecule has 0 atom stereocenters. The van der Waals surface area contributed by atoms with E-state index in [2.05, 4.69) is 10.3 Å². The second-order valence-electron chi connectivity index (χ2n) is 6.17. The molecule has 0 saturated heterocycles. The van der Waals surface area contributed by atoms with Gasteiger partial charge in [-0.3, -0.25) is 14.0 Å². The number of benzene rings is 2. The highest BCUT2D eigenvalue weighted by atomic mass is 35.5. The molecule has 0 radical (unpaired) electrons. The fourth-order valence-corrected chi connectivity index (χ4v) is 4.81. The maximum atomic E-state index is 12.9. The van der Waals surface area contributed by atoms with Crippen molar-refractivity contribution in [1.82, 2.24) is 9.38 Å². The topological polar surface area (TPSA) is 92.7 Å². The molecule has 2 aromatic heterocycles. The average Bonchev–Trinajstić information content (AvgIpc) is 3.02. The first kappa shape index (κ1) is 20.5. The predicted molar refractivity (Wildman–Crippen MR) is 120 cm³/mol. The lowest BCUT2D eigenvalue weighted by atomic mass is 10.1. The molecule has 0 saturated carbocycles. The molecule has 4 aromatic rings. The lowest BCUT2D eigenvalue weighted by Crippen LogP contribution is -2.15. The minimum absolute atomic E-state index is 0.193. The third-order valence-electron chi connectivity index (χ3n) is 4.27. The number of methoxy groups -OCH3 is 1. The summed E-state index contributed by atoms with van der Waals surface area (Å²) < 4.78 is 6.61. The molecular weight excluding hydrogens is 469 g/mol. The maximum absolute atomic E-state index is 12.9. The highest BCUT2D eigenvalue weighted by Crippen LogP contribution is 2.26. The third-order valence-corrected chi connectivity index (χ3v) is 6.08. The number of halogens is 2. The average molecular weight is 480 g/mol. The van der Waals surface area contributed by atoms with Crippen LogP contribution in [0.1, 0.15) is 20.0 Å². The third kappa shape index (κ3) is 3.61. The molecular formula is C19H11Cl2N3O4S2. The van der Waals surface area contributed by atoms with Crippen LogP contribution in [0.2, 0.25) is 10.0 Å². The lowest BCUT2D eigenvalue weighted by Gasteiger charge is -2.07. The van der Waals surface area contributed by atoms with Crippen molar-refractivity contribution < 1.29 is 14.3 Å². The second-order valence-corrected chi connectivity index (χ2v) is 8.69. The van der Waals surface area contributed by atoms with Crippen molar-refractivity contribution in [3.8, 4) is 0 Å². The van der Waals surface area contributed by atoms with Crippen molar-refractivity contribution in [1.29, 1.82) is 0 Å². The summed E-state index contributed by atoms with van der Waals surface area (Å²) in [5, 5.41) is 3.74. The number of aromatic amines is 1. The molecule has 0 spiro atoms. The van der Waals surface area contributed by atoms with Crippen molar-refractivity contribution in [2.75, 3.05) is 12.4 Å². The van der Waals surface area contributed by atoms with Gasteiger partial charge in [-0.2, -0.15) is 0 Å². The molecule has 2 heterocycles. The molecule has 0 aliphatic heterocycles. The molecule has 30 heavy (non-hydrogen) atoms. The SMILES string of the molecule is COC(=O)c1ccc2c(=O)[nH]c3c(C(=O)Nc4cc(Cl)cc(Cl)c4)sc(=S)n3c2c1. The van der Waals surface area contributed by atoms with Crippen molar-refractivity contribution in [2.45, 2.75) is 0 Å². The number of fused-ring (bicyclic) bond motifs is 3. The zero-order valence-corrected chi connectivity index (χ0v) is 18.3. The first-order chi connectivity index (χ1) is 14.3. The van der Waals surface area contributed by atoms with Gasteiger partial charge >= 0.3 is 5.97 Å². The van der Waals surface area contributed by atoms with Gasteiger partial charge in [-0.1, -0.05) is 34.5 Å². The van der Waals surface area contributed by atoms with Gasteiger partial charge < -0.3 is 15.0 Å². The standard InChI is InChI=1S/C19H11Cl2N3O4S2/c1-28-18(27)8-2-3-12-13(4-8)24-15(23-16(12)25)14(30-19(24)29)17(26)22-11-6-9(20)5-10(21)7-11/h2-7H,1H3,(H,22,26)(H,23,25). The normalized spacial score (nSPS) is 11.0. The van der Waals surface area contributed by atoms with E-state index in [1.807, 2.05) is 0 Å². The predicted octanol–water partition coefficient (Wildman–Crippen LogP) is 4.92. The fraction of sp³-hybridized carbons (Fsp3) is 0.0526. The monoisotopic (exact) mass is 479 g/mol. The number of ether oxygens (including phenoxy) is 1. The van der Waals surface area contributed by atoms with Crippen LogP contribution in [-0.2, 0) is 4.74 Å². The van der Waals surface area contributed by atoms with E-state index >= 15 is 0 Å². The number of hydrogen-bond donors (Lipinski definition) is 2. The summed E-state index contributed by atoms with van der Waals surface area (Å²) in [7, 11) is 1.26. The van der Waals surface area contributed by atoms with E-state index in [0.717, 1.165) is 11.3 Å². The van der Waals surface area contributed by atoms with Crippen molar-refractivity contribution in [3.63, 3.8) is 0 Å². The quantitative estimate of drug-likeness (QED) is 0.321. The Morgan fingerprint density at radius 2 is 1.87 bits per heavy atom. The van der Waals surface area contributed by atoms with Gasteiger partial charge in [0, 0.05) is 15.7 Å². The van der Waals surface area contributed by atoms with Crippen LogP contribution < -0.4 is 10.9 Å². The van der Waals surface area contributed by atoms with E-state index in [-0.39, 0.29) is 16.1 Å². The summed E-state index contributed by atoms with van der Waals surface area (Å²) in [5.74, 6) is -1.05. The molecule has 0 fully saturated rings. The number of carbonyl (C=O) groups excluding carboxylic acids is 2. The number of amides is 1. The molecule has 0 unspecified atom stereocenters. The van der Waals surface area contributed by atoms with Crippen LogP contribution in [0.3, 0.4) is 0 Å². The number of anilines is 1. The number of carbonyl (C=O) groups is 2. The van der Waals surface area contributed by atoms with E-state index in [4.69, 9.17) is 40.2 Å². The van der Waals surface area contributed by atoms with Crippen LogP contribution in [0.4, 0.5) is 5.69 Å². The van der Waals surface area contributed by atoms with Gasteiger partial charge in [0.15, 0.2) is 3.95 Å². The van der Waals surface area contributed by atoms with Gasteiger partial charge in [-0.25, -0.2) is 4.79 Å². The number of esters is 1. The van der Waals surface area contributed by atoms with E-state index in [1.165, 1.54) is 25.3 Å². The van der Waals surface area contributed by atoms with Gasteiger partial charge in [0.25, 0.3) is 11.5 Å². The van der Waals surface area contributed by atoms with Crippen molar-refractivity contribution >= 4 is 80.9 Å². The highest BCUT2D eigenvalue weighted by molar-refractivity contribution is 7.73. The molecule has 0 bridgehead atoms. The Kier molecular flexibility index (Phi) is 5.37. The minimum atomic E-state index is -0.553. The van der Waals surface area contributed by atoms with E-state index in [1.54, 1.807) is 22.6 Å². The molecule has 7 nitrogen and oxygen atoms in total. The van der Waals surface area contributed by atoms with Crippen molar-refractivity contribution in [3.05, 3.63) is 71.2 Å². The molecule has 0 aliphatic carbocycles. The number of aromatic nitrogens is 2. The number of nitrogens with zero attached hydrogens (tertiary/aromatic N) is 1. The van der Waals surface area contributed by atoms with Crippen LogP contribution in [0.15, 0.2) is 41.2 Å². The Morgan fingerprint density at radius 3 is 2.53 bits per heavy atom. The van der Waals surface area contributed by atoms with Crippen LogP contribution in [0.25, 0.3) is 16.6 Å². The summed E-state index contributed by atoms with van der Waals surface area (Å²) in [6.07, 6.45) is 0. The Labute approximate surface area is 187 Å². The van der Waals surface area contributed by atoms with E-state index in [9.17, 15) is 14.4 Å². The number of nitrogens with one attached hydrogen (secondary N) is 2. The number of hydrogen-bond acceptors (Lipinski definition) is 6. The second kappa shape index (κ2) is 7.84. The van der Waals surface area contributed by atoms with Crippen LogP contribution in [-0.4, -0.2) is 28.4 Å². The Morgan fingerprint density at radius 1 is 1.17 bits per heavy atom.